The molecule has 1 aliphatic carbocycles. The van der Waals surface area contributed by atoms with E-state index in [-0.39, 0.29) is 0 Å². The highest BCUT2D eigenvalue weighted by Crippen LogP contribution is 2.32. The molecule has 0 aliphatic heterocycles. The fourth-order valence-electron chi connectivity index (χ4n) is 1.51. The highest BCUT2D eigenvalue weighted by atomic mass is 19.1. The number of nitrogens with zero attached hydrogens (tertiary/aromatic N) is 1. The van der Waals surface area contributed by atoms with Gasteiger partial charge in [0.15, 0.2) is 5.96 Å². The Balaban J connectivity index is 2.30. The zero-order chi connectivity index (χ0) is 9.03. The summed E-state index contributed by atoms with van der Waals surface area (Å²) in [6, 6.07) is 0. The van der Waals surface area contributed by atoms with Crippen molar-refractivity contribution < 1.29 is 4.39 Å². The van der Waals surface area contributed by atoms with Crippen molar-refractivity contribution in [3.8, 4) is 0 Å². The summed E-state index contributed by atoms with van der Waals surface area (Å²) in [4.78, 5) is 3.70. The Morgan fingerprint density at radius 3 is 2.67 bits per heavy atom. The van der Waals surface area contributed by atoms with Crippen LogP contribution in [0.5, 0.6) is 0 Å². The van der Waals surface area contributed by atoms with Gasteiger partial charge in [0.1, 0.15) is 5.67 Å². The van der Waals surface area contributed by atoms with Crippen LogP contribution in [-0.2, 0) is 0 Å². The van der Waals surface area contributed by atoms with E-state index < -0.39 is 5.67 Å². The Kier molecular flexibility index (Phi) is 2.89. The molecule has 0 aromatic carbocycles. The van der Waals surface area contributed by atoms with Crippen LogP contribution in [0.3, 0.4) is 0 Å². The molecule has 1 aliphatic rings. The molecule has 0 aromatic heterocycles. The number of alkyl halides is 1. The van der Waals surface area contributed by atoms with Crippen molar-refractivity contribution in [3.63, 3.8) is 0 Å². The van der Waals surface area contributed by atoms with Crippen LogP contribution in [0.2, 0.25) is 0 Å². The molecule has 0 atom stereocenters. The monoisotopic (exact) mass is 173 g/mol. The van der Waals surface area contributed by atoms with Crippen LogP contribution in [0.1, 0.15) is 25.7 Å². The Labute approximate surface area is 72.2 Å². The molecule has 70 valence electrons. The van der Waals surface area contributed by atoms with Crippen molar-refractivity contribution in [2.45, 2.75) is 31.4 Å². The maximum absolute atomic E-state index is 13.6. The van der Waals surface area contributed by atoms with Crippen molar-refractivity contribution in [1.29, 1.82) is 0 Å². The number of nitrogens with two attached hydrogens (primary N) is 1. The Morgan fingerprint density at radius 2 is 2.17 bits per heavy atom. The quantitative estimate of drug-likeness (QED) is 0.479. The molecule has 0 bridgehead atoms. The predicted octanol–water partition coefficient (Wildman–Crippen LogP) is 0.803. The van der Waals surface area contributed by atoms with E-state index in [1.807, 2.05) is 0 Å². The van der Waals surface area contributed by atoms with Crippen LogP contribution >= 0.6 is 0 Å². The van der Waals surface area contributed by atoms with Gasteiger partial charge in [0.2, 0.25) is 0 Å². The number of aliphatic imine (C=N–C) groups is 1. The fraction of sp³-hybridized carbons (Fsp3) is 0.875. The summed E-state index contributed by atoms with van der Waals surface area (Å²) >= 11 is 0. The van der Waals surface area contributed by atoms with Crippen LogP contribution in [0, 0.1) is 0 Å². The van der Waals surface area contributed by atoms with E-state index in [1.54, 1.807) is 7.05 Å². The third-order valence-electron chi connectivity index (χ3n) is 2.33. The third kappa shape index (κ3) is 2.36. The summed E-state index contributed by atoms with van der Waals surface area (Å²) in [5.74, 6) is 0.318. The Hall–Kier alpha value is -0.800. The second kappa shape index (κ2) is 3.74. The van der Waals surface area contributed by atoms with Crippen LogP contribution in [-0.4, -0.2) is 25.2 Å². The molecule has 0 amide bonds. The lowest BCUT2D eigenvalue weighted by atomic mass is 10.1. The second-order valence-corrected chi connectivity index (χ2v) is 3.32. The van der Waals surface area contributed by atoms with Gasteiger partial charge in [-0.15, -0.1) is 0 Å². The standard InChI is InChI=1S/C8H16FN3/c1-11-7(10)12-6-8(9)4-2-3-5-8/h2-6H2,1H3,(H3,10,11,12). The molecule has 0 heterocycles. The average Bonchev–Trinajstić information content (AvgIpc) is 2.49. The second-order valence-electron chi connectivity index (χ2n) is 3.32. The van der Waals surface area contributed by atoms with Crippen molar-refractivity contribution in [2.24, 2.45) is 10.7 Å². The van der Waals surface area contributed by atoms with Gasteiger partial charge in [-0.05, 0) is 12.8 Å². The number of rotatable bonds is 2. The minimum atomic E-state index is -1.05. The van der Waals surface area contributed by atoms with Crippen molar-refractivity contribution >= 4 is 5.96 Å². The van der Waals surface area contributed by atoms with E-state index in [4.69, 9.17) is 5.73 Å². The predicted molar refractivity (Wildman–Crippen MR) is 47.9 cm³/mol. The average molecular weight is 173 g/mol. The number of halogens is 1. The first kappa shape index (κ1) is 9.29. The summed E-state index contributed by atoms with van der Waals surface area (Å²) in [6.45, 7) is 0.302. The summed E-state index contributed by atoms with van der Waals surface area (Å²) in [5, 5.41) is 2.77. The number of nitrogens with one attached hydrogen (secondary N) is 1. The zero-order valence-corrected chi connectivity index (χ0v) is 7.44. The minimum absolute atomic E-state index is 0.302. The molecule has 1 rings (SSSR count). The fourth-order valence-corrected chi connectivity index (χ4v) is 1.51. The molecule has 0 unspecified atom stereocenters. The molecule has 4 heteroatoms. The molecule has 1 fully saturated rings. The molecule has 0 aromatic rings. The van der Waals surface area contributed by atoms with Gasteiger partial charge in [-0.1, -0.05) is 12.8 Å². The van der Waals surface area contributed by atoms with Crippen LogP contribution in [0.15, 0.2) is 4.99 Å². The summed E-state index contributed by atoms with van der Waals surface area (Å²) in [7, 11) is 1.59. The molecule has 0 spiro atoms. The van der Waals surface area contributed by atoms with Gasteiger partial charge in [0, 0.05) is 7.05 Å². The van der Waals surface area contributed by atoms with E-state index in [0.717, 1.165) is 12.8 Å². The lowest BCUT2D eigenvalue weighted by Gasteiger charge is -2.19. The molecule has 3 nitrogen and oxygen atoms in total. The van der Waals surface area contributed by atoms with Gasteiger partial charge >= 0.3 is 0 Å². The van der Waals surface area contributed by atoms with E-state index in [2.05, 4.69) is 10.3 Å². The van der Waals surface area contributed by atoms with Crippen molar-refractivity contribution in [1.82, 2.24) is 5.32 Å². The van der Waals surface area contributed by atoms with Gasteiger partial charge in [-0.2, -0.15) is 0 Å². The summed E-state index contributed by atoms with van der Waals surface area (Å²) in [5.41, 5.74) is 4.34. The molecule has 0 radical (unpaired) electrons. The molecular formula is C8H16FN3. The topological polar surface area (TPSA) is 50.4 Å². The highest BCUT2D eigenvalue weighted by Gasteiger charge is 2.33. The van der Waals surface area contributed by atoms with Gasteiger partial charge in [0.05, 0.1) is 6.54 Å². The Morgan fingerprint density at radius 1 is 1.58 bits per heavy atom. The third-order valence-corrected chi connectivity index (χ3v) is 2.33. The van der Waals surface area contributed by atoms with Crippen LogP contribution in [0.4, 0.5) is 4.39 Å². The Bertz CT molecular complexity index is 173. The van der Waals surface area contributed by atoms with Crippen molar-refractivity contribution in [2.75, 3.05) is 13.6 Å². The molecule has 3 N–H and O–H groups in total. The highest BCUT2D eigenvalue weighted by molar-refractivity contribution is 5.77. The minimum Gasteiger partial charge on any atom is -0.370 e. The number of hydrogen-bond acceptors (Lipinski definition) is 1. The molecule has 0 saturated heterocycles. The molecule has 12 heavy (non-hydrogen) atoms. The van der Waals surface area contributed by atoms with Gasteiger partial charge in [-0.3, -0.25) is 4.99 Å². The first-order valence-corrected chi connectivity index (χ1v) is 4.31. The largest absolute Gasteiger partial charge is 0.370 e. The molecule has 1 saturated carbocycles. The maximum Gasteiger partial charge on any atom is 0.188 e. The van der Waals surface area contributed by atoms with Gasteiger partial charge in [0.25, 0.3) is 0 Å². The van der Waals surface area contributed by atoms with Crippen LogP contribution in [0.25, 0.3) is 0 Å². The van der Waals surface area contributed by atoms with Crippen molar-refractivity contribution in [3.05, 3.63) is 0 Å². The van der Waals surface area contributed by atoms with E-state index in [1.165, 1.54) is 0 Å². The van der Waals surface area contributed by atoms with E-state index in [9.17, 15) is 4.39 Å². The first-order chi connectivity index (χ1) is 5.66. The number of guanidine groups is 1. The summed E-state index contributed by atoms with van der Waals surface area (Å²) in [6.07, 6.45) is 3.27. The first-order valence-electron chi connectivity index (χ1n) is 4.31. The van der Waals surface area contributed by atoms with Gasteiger partial charge < -0.3 is 11.1 Å². The number of hydrogen-bond donors (Lipinski definition) is 2. The lowest BCUT2D eigenvalue weighted by molar-refractivity contribution is 0.176. The SMILES string of the molecule is CN=C(N)NCC1(F)CCCC1. The smallest absolute Gasteiger partial charge is 0.188 e. The van der Waals surface area contributed by atoms with E-state index >= 15 is 0 Å². The maximum atomic E-state index is 13.6. The lowest BCUT2D eigenvalue weighted by Crippen LogP contribution is -2.41. The molecular weight excluding hydrogens is 157 g/mol. The van der Waals surface area contributed by atoms with Gasteiger partial charge in [-0.25, -0.2) is 4.39 Å². The van der Waals surface area contributed by atoms with E-state index in [0.29, 0.717) is 25.3 Å². The zero-order valence-electron chi connectivity index (χ0n) is 7.44. The van der Waals surface area contributed by atoms with Crippen LogP contribution < -0.4 is 11.1 Å². The normalized spacial score (nSPS) is 22.7. The summed E-state index contributed by atoms with van der Waals surface area (Å²) < 4.78 is 13.6.